The SMILES string of the molecule is Cc1nn(C)c2[nH]c(-c3ccc(F)cc3)c(O)c(=O)c12. The highest BCUT2D eigenvalue weighted by Gasteiger charge is 2.17. The summed E-state index contributed by atoms with van der Waals surface area (Å²) in [7, 11) is 1.71. The average Bonchev–Trinajstić information content (AvgIpc) is 2.70. The van der Waals surface area contributed by atoms with Crippen LogP contribution in [0.15, 0.2) is 29.1 Å². The third-order valence-corrected chi connectivity index (χ3v) is 3.28. The molecule has 1 aromatic carbocycles. The summed E-state index contributed by atoms with van der Waals surface area (Å²) in [5.41, 5.74) is 1.37. The second kappa shape index (κ2) is 4.19. The fourth-order valence-electron chi connectivity index (χ4n) is 2.31. The molecule has 5 nitrogen and oxygen atoms in total. The number of nitrogens with zero attached hydrogens (tertiary/aromatic N) is 2. The van der Waals surface area contributed by atoms with Crippen LogP contribution in [-0.4, -0.2) is 19.9 Å². The lowest BCUT2D eigenvalue weighted by molar-refractivity contribution is 0.471. The van der Waals surface area contributed by atoms with E-state index < -0.39 is 5.43 Å². The molecule has 3 aromatic rings. The summed E-state index contributed by atoms with van der Waals surface area (Å²) in [4.78, 5) is 15.2. The van der Waals surface area contributed by atoms with Crippen molar-refractivity contribution in [3.05, 3.63) is 46.0 Å². The van der Waals surface area contributed by atoms with Crippen molar-refractivity contribution in [2.24, 2.45) is 7.05 Å². The lowest BCUT2D eigenvalue weighted by atomic mass is 10.1. The van der Waals surface area contributed by atoms with Crippen LogP contribution in [0.5, 0.6) is 5.75 Å². The molecule has 2 heterocycles. The van der Waals surface area contributed by atoms with Crippen LogP contribution < -0.4 is 5.43 Å². The van der Waals surface area contributed by atoms with Crippen molar-refractivity contribution in [3.8, 4) is 17.0 Å². The summed E-state index contributed by atoms with van der Waals surface area (Å²) in [5.74, 6) is -0.770. The summed E-state index contributed by atoms with van der Waals surface area (Å²) in [5, 5.41) is 14.6. The summed E-state index contributed by atoms with van der Waals surface area (Å²) >= 11 is 0. The van der Waals surface area contributed by atoms with E-state index in [1.54, 1.807) is 18.7 Å². The van der Waals surface area contributed by atoms with E-state index >= 15 is 0 Å². The molecule has 20 heavy (non-hydrogen) atoms. The Labute approximate surface area is 113 Å². The molecule has 0 aliphatic heterocycles. The highest BCUT2D eigenvalue weighted by molar-refractivity contribution is 5.84. The van der Waals surface area contributed by atoms with Crippen LogP contribution in [0.4, 0.5) is 4.39 Å². The van der Waals surface area contributed by atoms with Gasteiger partial charge in [0.2, 0.25) is 5.43 Å². The maximum absolute atomic E-state index is 13.0. The van der Waals surface area contributed by atoms with Gasteiger partial charge in [-0.25, -0.2) is 4.39 Å². The quantitative estimate of drug-likeness (QED) is 0.713. The number of aromatic amines is 1. The molecule has 0 saturated carbocycles. The minimum Gasteiger partial charge on any atom is -0.503 e. The summed E-state index contributed by atoms with van der Waals surface area (Å²) in [6.45, 7) is 1.70. The first-order valence-electron chi connectivity index (χ1n) is 6.03. The number of fused-ring (bicyclic) bond motifs is 1. The standard InChI is InChI=1S/C14H12FN3O2/c1-7-10-12(19)13(20)11(16-14(10)18(2)17-7)8-3-5-9(15)6-4-8/h3-6,20H,1-2H3,(H,16,19). The van der Waals surface area contributed by atoms with Crippen LogP contribution in [0, 0.1) is 12.7 Å². The number of rotatable bonds is 1. The van der Waals surface area contributed by atoms with Crippen LogP contribution >= 0.6 is 0 Å². The number of benzene rings is 1. The molecule has 0 amide bonds. The van der Waals surface area contributed by atoms with E-state index in [0.29, 0.717) is 22.3 Å². The molecule has 6 heteroatoms. The summed E-state index contributed by atoms with van der Waals surface area (Å²) in [6, 6.07) is 5.53. The van der Waals surface area contributed by atoms with Crippen LogP contribution in [0.2, 0.25) is 0 Å². The van der Waals surface area contributed by atoms with Gasteiger partial charge in [-0.05, 0) is 31.2 Å². The minimum atomic E-state index is -0.483. The Morgan fingerprint density at radius 1 is 1.30 bits per heavy atom. The second-order valence-electron chi connectivity index (χ2n) is 4.62. The van der Waals surface area contributed by atoms with Crippen LogP contribution in [0.25, 0.3) is 22.3 Å². The number of H-pyrrole nitrogens is 1. The van der Waals surface area contributed by atoms with E-state index in [1.165, 1.54) is 24.3 Å². The van der Waals surface area contributed by atoms with E-state index in [4.69, 9.17) is 0 Å². The third-order valence-electron chi connectivity index (χ3n) is 3.28. The molecule has 0 aliphatic rings. The maximum Gasteiger partial charge on any atom is 0.235 e. The first-order valence-corrected chi connectivity index (χ1v) is 6.03. The zero-order valence-corrected chi connectivity index (χ0v) is 10.9. The van der Waals surface area contributed by atoms with Crippen molar-refractivity contribution in [2.75, 3.05) is 0 Å². The predicted octanol–water partition coefficient (Wildman–Crippen LogP) is 2.08. The highest BCUT2D eigenvalue weighted by Crippen LogP contribution is 2.27. The largest absolute Gasteiger partial charge is 0.503 e. The molecule has 0 radical (unpaired) electrons. The van der Waals surface area contributed by atoms with E-state index in [0.717, 1.165) is 0 Å². The fraction of sp³-hybridized carbons (Fsp3) is 0.143. The van der Waals surface area contributed by atoms with Crippen LogP contribution in [-0.2, 0) is 7.05 Å². The van der Waals surface area contributed by atoms with Gasteiger partial charge in [-0.15, -0.1) is 0 Å². The molecule has 0 bridgehead atoms. The van der Waals surface area contributed by atoms with Crippen LogP contribution in [0.3, 0.4) is 0 Å². The van der Waals surface area contributed by atoms with Crippen molar-refractivity contribution in [3.63, 3.8) is 0 Å². The third kappa shape index (κ3) is 1.69. The minimum absolute atomic E-state index is 0.255. The van der Waals surface area contributed by atoms with Gasteiger partial charge in [-0.2, -0.15) is 5.10 Å². The Morgan fingerprint density at radius 2 is 1.95 bits per heavy atom. The van der Waals surface area contributed by atoms with Crippen molar-refractivity contribution >= 4 is 11.0 Å². The molecule has 2 aromatic heterocycles. The number of hydrogen-bond acceptors (Lipinski definition) is 3. The Hall–Kier alpha value is -2.63. The van der Waals surface area contributed by atoms with Crippen molar-refractivity contribution in [1.29, 1.82) is 0 Å². The van der Waals surface area contributed by atoms with Gasteiger partial charge in [-0.3, -0.25) is 9.48 Å². The van der Waals surface area contributed by atoms with Gasteiger partial charge in [0.1, 0.15) is 11.5 Å². The molecule has 2 N–H and O–H groups in total. The average molecular weight is 273 g/mol. The van der Waals surface area contributed by atoms with Gasteiger partial charge < -0.3 is 10.1 Å². The maximum atomic E-state index is 13.0. The van der Waals surface area contributed by atoms with Gasteiger partial charge in [0.25, 0.3) is 0 Å². The van der Waals surface area contributed by atoms with Crippen molar-refractivity contribution < 1.29 is 9.50 Å². The number of halogens is 1. The molecule has 0 spiro atoms. The first-order chi connectivity index (χ1) is 9.49. The number of aromatic hydroxyl groups is 1. The molecular formula is C14H12FN3O2. The predicted molar refractivity (Wildman–Crippen MR) is 73.1 cm³/mol. The molecule has 0 atom stereocenters. The second-order valence-corrected chi connectivity index (χ2v) is 4.62. The zero-order valence-electron chi connectivity index (χ0n) is 10.9. The number of aromatic nitrogens is 3. The smallest absolute Gasteiger partial charge is 0.235 e. The lowest BCUT2D eigenvalue weighted by Gasteiger charge is -2.06. The molecule has 102 valence electrons. The normalized spacial score (nSPS) is 11.2. The van der Waals surface area contributed by atoms with E-state index in [1.807, 2.05) is 0 Å². The number of pyridine rings is 1. The van der Waals surface area contributed by atoms with Gasteiger partial charge >= 0.3 is 0 Å². The Morgan fingerprint density at radius 3 is 2.60 bits per heavy atom. The van der Waals surface area contributed by atoms with E-state index in [9.17, 15) is 14.3 Å². The molecule has 0 saturated heterocycles. The Bertz CT molecular complexity index is 863. The molecule has 0 aliphatic carbocycles. The number of hydrogen-bond donors (Lipinski definition) is 2. The molecular weight excluding hydrogens is 261 g/mol. The van der Waals surface area contributed by atoms with Crippen molar-refractivity contribution in [2.45, 2.75) is 6.92 Å². The Kier molecular flexibility index (Phi) is 2.60. The van der Waals surface area contributed by atoms with Gasteiger partial charge in [-0.1, -0.05) is 0 Å². The molecule has 0 unspecified atom stereocenters. The number of nitrogens with one attached hydrogen (secondary N) is 1. The summed E-state index contributed by atoms with van der Waals surface area (Å²) in [6.07, 6.45) is 0. The zero-order chi connectivity index (χ0) is 14.4. The van der Waals surface area contributed by atoms with Crippen molar-refractivity contribution in [1.82, 2.24) is 14.8 Å². The molecule has 0 fully saturated rings. The Balaban J connectivity index is 2.37. The van der Waals surface area contributed by atoms with E-state index in [-0.39, 0.29) is 17.3 Å². The monoisotopic (exact) mass is 273 g/mol. The van der Waals surface area contributed by atoms with E-state index in [2.05, 4.69) is 10.1 Å². The first kappa shape index (κ1) is 12.4. The van der Waals surface area contributed by atoms with Gasteiger partial charge in [0, 0.05) is 12.6 Å². The fourth-order valence-corrected chi connectivity index (χ4v) is 2.31. The van der Waals surface area contributed by atoms with Gasteiger partial charge in [0.15, 0.2) is 5.75 Å². The highest BCUT2D eigenvalue weighted by atomic mass is 19.1. The number of aryl methyl sites for hydroxylation is 2. The van der Waals surface area contributed by atoms with Gasteiger partial charge in [0.05, 0.1) is 16.8 Å². The molecule has 3 rings (SSSR count). The lowest BCUT2D eigenvalue weighted by Crippen LogP contribution is -2.06. The topological polar surface area (TPSA) is 70.9 Å². The summed E-state index contributed by atoms with van der Waals surface area (Å²) < 4.78 is 14.5. The van der Waals surface area contributed by atoms with Crippen LogP contribution in [0.1, 0.15) is 5.69 Å².